The first-order valence-electron chi connectivity index (χ1n) is 11.6. The molecule has 3 aromatic rings. The lowest BCUT2D eigenvalue weighted by atomic mass is 9.86. The molecule has 0 atom stereocenters. The van der Waals surface area contributed by atoms with Gasteiger partial charge in [-0.05, 0) is 62.4 Å². The van der Waals surface area contributed by atoms with Crippen LogP contribution in [0.25, 0.3) is 10.9 Å². The van der Waals surface area contributed by atoms with Crippen LogP contribution >= 0.6 is 11.6 Å². The Bertz CT molecular complexity index is 1180. The number of nitrogens with zero attached hydrogens (tertiary/aromatic N) is 3. The summed E-state index contributed by atoms with van der Waals surface area (Å²) in [4.78, 5) is 11.3. The van der Waals surface area contributed by atoms with E-state index in [4.69, 9.17) is 16.6 Å². The minimum Gasteiger partial charge on any atom is -0.362 e. The number of alkyl halides is 3. The maximum atomic E-state index is 14.3. The molecule has 188 valence electrons. The van der Waals surface area contributed by atoms with Gasteiger partial charge in [0.15, 0.2) is 0 Å². The standard InChI is InChI=1S/C25H28ClF4N5/c1-35(2)23-17-5-3-4-6-21(17)33-24(34-23)32-16-9-7-15(8-10-16)13-31-14-18-19(25(28,29)30)11-12-20(26)22(18)27/h3-6,11-12,15-16,31H,7-10,13-14H2,1-2H3,(H,32,33,34)/t15-,16+. The van der Waals surface area contributed by atoms with Gasteiger partial charge in [-0.3, -0.25) is 0 Å². The van der Waals surface area contributed by atoms with Crippen molar-refractivity contribution in [3.63, 3.8) is 0 Å². The Balaban J connectivity index is 1.33. The molecule has 1 aromatic heterocycles. The molecule has 1 aliphatic rings. The van der Waals surface area contributed by atoms with E-state index in [1.807, 2.05) is 43.3 Å². The van der Waals surface area contributed by atoms with E-state index in [2.05, 4.69) is 15.6 Å². The summed E-state index contributed by atoms with van der Waals surface area (Å²) < 4.78 is 54.1. The van der Waals surface area contributed by atoms with E-state index in [1.165, 1.54) is 0 Å². The number of hydrogen-bond acceptors (Lipinski definition) is 5. The molecule has 1 saturated carbocycles. The molecule has 5 nitrogen and oxygen atoms in total. The summed E-state index contributed by atoms with van der Waals surface area (Å²) in [6.45, 7) is 0.283. The lowest BCUT2D eigenvalue weighted by Gasteiger charge is -2.29. The predicted molar refractivity (Wildman–Crippen MR) is 131 cm³/mol. The molecule has 35 heavy (non-hydrogen) atoms. The van der Waals surface area contributed by atoms with Crippen LogP contribution in [0.2, 0.25) is 5.02 Å². The molecular formula is C25H28ClF4N5. The fraction of sp³-hybridized carbons (Fsp3) is 0.440. The average molecular weight is 510 g/mol. The zero-order valence-electron chi connectivity index (χ0n) is 19.6. The monoisotopic (exact) mass is 509 g/mol. The van der Waals surface area contributed by atoms with Gasteiger partial charge in [-0.15, -0.1) is 0 Å². The largest absolute Gasteiger partial charge is 0.416 e. The van der Waals surface area contributed by atoms with Crippen molar-refractivity contribution in [1.29, 1.82) is 0 Å². The van der Waals surface area contributed by atoms with E-state index < -0.39 is 23.1 Å². The van der Waals surface area contributed by atoms with Crippen LogP contribution in [0.4, 0.5) is 29.3 Å². The van der Waals surface area contributed by atoms with Crippen molar-refractivity contribution in [2.24, 2.45) is 5.92 Å². The summed E-state index contributed by atoms with van der Waals surface area (Å²) in [6, 6.07) is 9.86. The van der Waals surface area contributed by atoms with Gasteiger partial charge >= 0.3 is 6.18 Å². The minimum atomic E-state index is -4.64. The fourth-order valence-corrected chi connectivity index (χ4v) is 4.77. The van der Waals surface area contributed by atoms with E-state index in [0.29, 0.717) is 18.4 Å². The maximum absolute atomic E-state index is 14.3. The molecule has 0 spiro atoms. The lowest BCUT2D eigenvalue weighted by molar-refractivity contribution is -0.138. The van der Waals surface area contributed by atoms with Crippen LogP contribution in [0.5, 0.6) is 0 Å². The molecule has 1 heterocycles. The molecule has 0 amide bonds. The molecule has 1 aliphatic carbocycles. The van der Waals surface area contributed by atoms with E-state index in [1.54, 1.807) is 0 Å². The molecule has 0 bridgehead atoms. The third kappa shape index (κ3) is 5.95. The summed E-state index contributed by atoms with van der Waals surface area (Å²) >= 11 is 5.72. The van der Waals surface area contributed by atoms with Crippen LogP contribution < -0.4 is 15.5 Å². The summed E-state index contributed by atoms with van der Waals surface area (Å²) in [5.74, 6) is 0.710. The molecular weight excluding hydrogens is 482 g/mol. The van der Waals surface area contributed by atoms with Gasteiger partial charge < -0.3 is 15.5 Å². The van der Waals surface area contributed by atoms with E-state index in [9.17, 15) is 17.6 Å². The molecule has 0 aliphatic heterocycles. The van der Waals surface area contributed by atoms with Crippen molar-refractivity contribution < 1.29 is 17.6 Å². The van der Waals surface area contributed by atoms with Gasteiger partial charge in [0.25, 0.3) is 0 Å². The fourth-order valence-electron chi connectivity index (χ4n) is 4.59. The van der Waals surface area contributed by atoms with Crippen LogP contribution in [0, 0.1) is 11.7 Å². The Morgan fingerprint density at radius 1 is 1.03 bits per heavy atom. The number of halogens is 5. The Labute approximate surface area is 206 Å². The Kier molecular flexibility index (Phi) is 7.66. The highest BCUT2D eigenvalue weighted by molar-refractivity contribution is 6.30. The SMILES string of the molecule is CN(C)c1nc(N[C@H]2CC[C@@H](CNCc3c(C(F)(F)F)ccc(Cl)c3F)CC2)nc2ccccc12. The maximum Gasteiger partial charge on any atom is 0.416 e. The lowest BCUT2D eigenvalue weighted by Crippen LogP contribution is -2.32. The highest BCUT2D eigenvalue weighted by Crippen LogP contribution is 2.35. The minimum absolute atomic E-state index is 0.213. The first-order chi connectivity index (χ1) is 16.6. The summed E-state index contributed by atoms with van der Waals surface area (Å²) in [6.07, 6.45) is -1.08. The normalized spacial score (nSPS) is 18.6. The number of aromatic nitrogens is 2. The molecule has 4 rings (SSSR count). The third-order valence-corrected chi connectivity index (χ3v) is 6.71. The highest BCUT2D eigenvalue weighted by Gasteiger charge is 2.35. The number of anilines is 2. The Hall–Kier alpha value is -2.65. The molecule has 1 fully saturated rings. The third-order valence-electron chi connectivity index (χ3n) is 6.42. The van der Waals surface area contributed by atoms with Gasteiger partial charge in [0, 0.05) is 37.6 Å². The first-order valence-corrected chi connectivity index (χ1v) is 12.0. The number of nitrogens with one attached hydrogen (secondary N) is 2. The quantitative estimate of drug-likeness (QED) is 0.368. The van der Waals surface area contributed by atoms with Gasteiger partial charge in [0.05, 0.1) is 16.1 Å². The average Bonchev–Trinajstić information content (AvgIpc) is 2.81. The van der Waals surface area contributed by atoms with Crippen molar-refractivity contribution in [3.05, 3.63) is 58.4 Å². The van der Waals surface area contributed by atoms with Crippen molar-refractivity contribution in [2.45, 2.75) is 44.4 Å². The molecule has 2 aromatic carbocycles. The topological polar surface area (TPSA) is 53.1 Å². The van der Waals surface area contributed by atoms with Crippen molar-refractivity contribution in [3.8, 4) is 0 Å². The van der Waals surface area contributed by atoms with Crippen molar-refractivity contribution in [2.75, 3.05) is 30.9 Å². The number of fused-ring (bicyclic) bond motifs is 1. The van der Waals surface area contributed by atoms with Gasteiger partial charge in [0.1, 0.15) is 11.6 Å². The second kappa shape index (κ2) is 10.5. The molecule has 0 saturated heterocycles. The second-order valence-electron chi connectivity index (χ2n) is 9.16. The van der Waals surface area contributed by atoms with Gasteiger partial charge in [-0.25, -0.2) is 9.37 Å². The van der Waals surface area contributed by atoms with Crippen LogP contribution in [0.15, 0.2) is 36.4 Å². The number of benzene rings is 2. The van der Waals surface area contributed by atoms with Gasteiger partial charge in [-0.1, -0.05) is 23.7 Å². The van der Waals surface area contributed by atoms with Crippen LogP contribution in [-0.2, 0) is 12.7 Å². The molecule has 0 unspecified atom stereocenters. The van der Waals surface area contributed by atoms with Gasteiger partial charge in [0.2, 0.25) is 5.95 Å². The smallest absolute Gasteiger partial charge is 0.362 e. The summed E-state index contributed by atoms with van der Waals surface area (Å²) in [7, 11) is 3.90. The Morgan fingerprint density at radius 3 is 2.43 bits per heavy atom. The Morgan fingerprint density at radius 2 is 1.74 bits per heavy atom. The second-order valence-corrected chi connectivity index (χ2v) is 9.57. The number of para-hydroxylation sites is 1. The number of rotatable bonds is 7. The predicted octanol–water partition coefficient (Wildman–Crippen LogP) is 6.27. The molecule has 2 N–H and O–H groups in total. The molecule has 10 heteroatoms. The van der Waals surface area contributed by atoms with E-state index in [-0.39, 0.29) is 17.6 Å². The van der Waals surface area contributed by atoms with Crippen molar-refractivity contribution >= 4 is 34.3 Å². The highest BCUT2D eigenvalue weighted by atomic mass is 35.5. The zero-order chi connectivity index (χ0) is 25.2. The van der Waals surface area contributed by atoms with Gasteiger partial charge in [-0.2, -0.15) is 18.2 Å². The van der Waals surface area contributed by atoms with E-state index in [0.717, 1.165) is 54.5 Å². The molecule has 0 radical (unpaired) electrons. The van der Waals surface area contributed by atoms with Crippen molar-refractivity contribution in [1.82, 2.24) is 15.3 Å². The van der Waals surface area contributed by atoms with E-state index >= 15 is 0 Å². The first kappa shape index (κ1) is 25.4. The van der Waals surface area contributed by atoms with Crippen LogP contribution in [0.3, 0.4) is 0 Å². The summed E-state index contributed by atoms with van der Waals surface area (Å²) in [5.41, 5.74) is -0.559. The number of hydrogen-bond donors (Lipinski definition) is 2. The van der Waals surface area contributed by atoms with Crippen LogP contribution in [-0.4, -0.2) is 36.6 Å². The summed E-state index contributed by atoms with van der Waals surface area (Å²) in [5, 5.41) is 7.14. The zero-order valence-corrected chi connectivity index (χ0v) is 20.3. The van der Waals surface area contributed by atoms with Crippen LogP contribution in [0.1, 0.15) is 36.8 Å².